The smallest absolute Gasteiger partial charge is 0.454 e. The molecule has 1 aliphatic heterocycles. The summed E-state index contributed by atoms with van der Waals surface area (Å²) >= 11 is 0. The van der Waals surface area contributed by atoms with Gasteiger partial charge in [0.25, 0.3) is 0 Å². The minimum absolute atomic E-state index is 0.137. The number of nitrogens with zero attached hydrogens (tertiary/aromatic N) is 1. The first kappa shape index (κ1) is 18.5. The Bertz CT molecular complexity index is 755. The average molecular weight is 357 g/mol. The van der Waals surface area contributed by atoms with Gasteiger partial charge in [0, 0.05) is 36.0 Å². The maximum atomic E-state index is 9.61. The number of methoxy groups -OCH3 is 2. The van der Waals surface area contributed by atoms with E-state index in [-0.39, 0.29) is 5.92 Å². The molecule has 0 unspecified atom stereocenters. The molecule has 0 radical (unpaired) electrons. The molecule has 0 spiro atoms. The summed E-state index contributed by atoms with van der Waals surface area (Å²) in [5.74, 6) is 1.99. The highest BCUT2D eigenvalue weighted by molar-refractivity contribution is 6.43. The quantitative estimate of drug-likeness (QED) is 0.768. The summed E-state index contributed by atoms with van der Waals surface area (Å²) in [7, 11) is 2.53. The predicted octanol–water partition coefficient (Wildman–Crippen LogP) is 3.15. The minimum Gasteiger partial charge on any atom is -0.493 e. The molecule has 3 rings (SSSR count). The summed E-state index contributed by atoms with van der Waals surface area (Å²) in [5.41, 5.74) is 2.84. The molecule has 6 nitrogen and oxygen atoms in total. The lowest BCUT2D eigenvalue weighted by Crippen LogP contribution is -2.07. The van der Waals surface area contributed by atoms with Crippen LogP contribution in [0.2, 0.25) is 6.32 Å². The van der Waals surface area contributed by atoms with Gasteiger partial charge in [-0.2, -0.15) is 0 Å². The van der Waals surface area contributed by atoms with Crippen LogP contribution in [0.5, 0.6) is 17.2 Å². The molecule has 1 saturated heterocycles. The third-order valence-corrected chi connectivity index (χ3v) is 4.47. The summed E-state index contributed by atoms with van der Waals surface area (Å²) in [6, 6.07) is 5.88. The van der Waals surface area contributed by atoms with Crippen molar-refractivity contribution in [2.24, 2.45) is 0 Å². The minimum atomic E-state index is -0.701. The van der Waals surface area contributed by atoms with E-state index in [1.54, 1.807) is 20.4 Å². The van der Waals surface area contributed by atoms with Crippen molar-refractivity contribution in [3.8, 4) is 28.4 Å². The van der Waals surface area contributed by atoms with Gasteiger partial charge in [-0.15, -0.1) is 0 Å². The van der Waals surface area contributed by atoms with Crippen LogP contribution in [0.4, 0.5) is 0 Å². The van der Waals surface area contributed by atoms with E-state index in [9.17, 15) is 5.02 Å². The van der Waals surface area contributed by atoms with Gasteiger partial charge in [-0.05, 0) is 36.5 Å². The van der Waals surface area contributed by atoms with E-state index in [2.05, 4.69) is 11.1 Å². The van der Waals surface area contributed by atoms with Gasteiger partial charge in [0.15, 0.2) is 11.5 Å². The molecule has 1 N–H and O–H groups in total. The van der Waals surface area contributed by atoms with Crippen molar-refractivity contribution in [1.82, 2.24) is 4.98 Å². The molecule has 2 heterocycles. The first-order chi connectivity index (χ1) is 12.7. The maximum absolute atomic E-state index is 9.61. The lowest BCUT2D eigenvalue weighted by atomic mass is 9.79. The van der Waals surface area contributed by atoms with Crippen LogP contribution >= 0.6 is 0 Å². The van der Waals surface area contributed by atoms with Gasteiger partial charge in [-0.3, -0.25) is 4.98 Å². The molecule has 0 bridgehead atoms. The van der Waals surface area contributed by atoms with Crippen molar-refractivity contribution in [2.75, 3.05) is 27.4 Å². The molecular weight excluding hydrogens is 333 g/mol. The van der Waals surface area contributed by atoms with Crippen LogP contribution in [0.25, 0.3) is 11.1 Å². The van der Waals surface area contributed by atoms with Crippen molar-refractivity contribution in [3.05, 3.63) is 36.2 Å². The Labute approximate surface area is 154 Å². The van der Waals surface area contributed by atoms with Gasteiger partial charge in [0.1, 0.15) is 0 Å². The Morgan fingerprint density at radius 3 is 2.73 bits per heavy atom. The van der Waals surface area contributed by atoms with E-state index >= 15 is 0 Å². The Morgan fingerprint density at radius 1 is 1.23 bits per heavy atom. The summed E-state index contributed by atoms with van der Waals surface area (Å²) < 4.78 is 22.2. The molecule has 0 aliphatic carbocycles. The topological polar surface area (TPSA) is 70.0 Å². The molecule has 1 atom stereocenters. The fraction of sp³-hybridized carbons (Fsp3) is 0.421. The van der Waals surface area contributed by atoms with Crippen LogP contribution in [0.15, 0.2) is 30.6 Å². The zero-order valence-corrected chi connectivity index (χ0v) is 15.4. The van der Waals surface area contributed by atoms with Crippen LogP contribution in [0.3, 0.4) is 0 Å². The standard InChI is InChI=1S/C19H24BNO5/c1-4-7-25-19-17(23-2)6-5-16(18(19)24-3)14-8-13(10-21-11-14)15-9-20(22)26-12-15/h5-6,8,10-11,15,22H,4,7,9,12H2,1-3H3/t15-/m1/s1. The summed E-state index contributed by atoms with van der Waals surface area (Å²) in [6.45, 7) is 3.12. The highest BCUT2D eigenvalue weighted by Gasteiger charge is 2.30. The molecule has 7 heteroatoms. The summed E-state index contributed by atoms with van der Waals surface area (Å²) in [5, 5.41) is 9.61. The maximum Gasteiger partial charge on any atom is 0.454 e. The molecule has 1 aromatic heterocycles. The molecular formula is C19H24BNO5. The molecule has 2 aromatic rings. The summed E-state index contributed by atoms with van der Waals surface area (Å²) in [6.07, 6.45) is 5.08. The molecule has 138 valence electrons. The first-order valence-electron chi connectivity index (χ1n) is 8.80. The van der Waals surface area contributed by atoms with Gasteiger partial charge in [0.2, 0.25) is 5.75 Å². The van der Waals surface area contributed by atoms with E-state index in [1.807, 2.05) is 25.3 Å². The Morgan fingerprint density at radius 2 is 2.08 bits per heavy atom. The lowest BCUT2D eigenvalue weighted by molar-refractivity contribution is 0.275. The number of rotatable bonds is 7. The number of ether oxygens (including phenoxy) is 3. The van der Waals surface area contributed by atoms with Crippen molar-refractivity contribution >= 4 is 7.12 Å². The monoisotopic (exact) mass is 357 g/mol. The van der Waals surface area contributed by atoms with Gasteiger partial charge in [-0.25, -0.2) is 0 Å². The van der Waals surface area contributed by atoms with Crippen molar-refractivity contribution in [2.45, 2.75) is 25.6 Å². The third-order valence-electron chi connectivity index (χ3n) is 4.47. The SMILES string of the molecule is CCCOc1c(OC)ccc(-c2cncc([C@H]3COB(O)C3)c2)c1OC. The number of hydrogen-bond donors (Lipinski definition) is 1. The third kappa shape index (κ3) is 3.79. The lowest BCUT2D eigenvalue weighted by Gasteiger charge is -2.18. The fourth-order valence-electron chi connectivity index (χ4n) is 3.14. The Hall–Kier alpha value is -2.25. The van der Waals surface area contributed by atoms with E-state index in [0.717, 1.165) is 23.1 Å². The van der Waals surface area contributed by atoms with Gasteiger partial charge in [0.05, 0.1) is 20.8 Å². The Balaban J connectivity index is 2.00. The van der Waals surface area contributed by atoms with Crippen molar-refractivity contribution < 1.29 is 23.9 Å². The second-order valence-corrected chi connectivity index (χ2v) is 6.25. The molecule has 1 aromatic carbocycles. The highest BCUT2D eigenvalue weighted by Crippen LogP contribution is 2.45. The largest absolute Gasteiger partial charge is 0.493 e. The van der Waals surface area contributed by atoms with Crippen LogP contribution in [0, 0.1) is 0 Å². The van der Waals surface area contributed by atoms with Crippen molar-refractivity contribution in [3.63, 3.8) is 0 Å². The van der Waals surface area contributed by atoms with Crippen LogP contribution in [-0.4, -0.2) is 44.6 Å². The second-order valence-electron chi connectivity index (χ2n) is 6.25. The van der Waals surface area contributed by atoms with Crippen LogP contribution < -0.4 is 14.2 Å². The number of hydrogen-bond acceptors (Lipinski definition) is 6. The van der Waals surface area contributed by atoms with Gasteiger partial charge in [-0.1, -0.05) is 6.92 Å². The van der Waals surface area contributed by atoms with Crippen LogP contribution in [0.1, 0.15) is 24.8 Å². The highest BCUT2D eigenvalue weighted by atomic mass is 16.5. The molecule has 0 amide bonds. The number of aromatic nitrogens is 1. The van der Waals surface area contributed by atoms with Gasteiger partial charge >= 0.3 is 7.12 Å². The van der Waals surface area contributed by atoms with E-state index in [1.165, 1.54) is 0 Å². The predicted molar refractivity (Wildman–Crippen MR) is 100 cm³/mol. The molecule has 26 heavy (non-hydrogen) atoms. The zero-order chi connectivity index (χ0) is 18.5. The molecule has 0 saturated carbocycles. The van der Waals surface area contributed by atoms with E-state index in [0.29, 0.717) is 36.8 Å². The zero-order valence-electron chi connectivity index (χ0n) is 15.4. The van der Waals surface area contributed by atoms with Gasteiger partial charge < -0.3 is 23.9 Å². The Kier molecular flexibility index (Phi) is 6.01. The van der Waals surface area contributed by atoms with E-state index in [4.69, 9.17) is 18.9 Å². The average Bonchev–Trinajstić information content (AvgIpc) is 3.12. The molecule has 1 aliphatic rings. The number of pyridine rings is 1. The normalized spacial score (nSPS) is 16.6. The van der Waals surface area contributed by atoms with Crippen molar-refractivity contribution in [1.29, 1.82) is 0 Å². The summed E-state index contributed by atoms with van der Waals surface area (Å²) in [4.78, 5) is 4.38. The second kappa shape index (κ2) is 8.42. The van der Waals surface area contributed by atoms with Crippen LogP contribution in [-0.2, 0) is 4.65 Å². The van der Waals surface area contributed by atoms with E-state index < -0.39 is 7.12 Å². The molecule has 1 fully saturated rings. The fourth-order valence-corrected chi connectivity index (χ4v) is 3.14. The first-order valence-corrected chi connectivity index (χ1v) is 8.80. The number of benzene rings is 1.